The van der Waals surface area contributed by atoms with Crippen LogP contribution in [0.15, 0.2) is 48.7 Å². The van der Waals surface area contributed by atoms with Gasteiger partial charge in [0.25, 0.3) is 0 Å². The molecule has 0 aliphatic carbocycles. The fourth-order valence-electron chi connectivity index (χ4n) is 1.92. The Bertz CT molecular complexity index is 714. The second-order valence-corrected chi connectivity index (χ2v) is 4.01. The van der Waals surface area contributed by atoms with Crippen molar-refractivity contribution < 1.29 is 9.90 Å². The first-order valence-corrected chi connectivity index (χ1v) is 5.50. The number of nitrogens with zero attached hydrogens (tertiary/aromatic N) is 2. The van der Waals surface area contributed by atoms with Gasteiger partial charge in [-0.25, -0.2) is 4.68 Å². The Morgan fingerprint density at radius 3 is 2.61 bits per heavy atom. The van der Waals surface area contributed by atoms with Crippen molar-refractivity contribution in [3.63, 3.8) is 0 Å². The molecule has 3 aromatic rings. The van der Waals surface area contributed by atoms with Gasteiger partial charge in [-0.15, -0.1) is 0 Å². The first-order valence-electron chi connectivity index (χ1n) is 5.50. The molecular formula is C14H10N2O2. The number of carbonyl (C=O) groups excluding carboxylic acids is 1. The van der Waals surface area contributed by atoms with E-state index in [0.29, 0.717) is 5.56 Å². The molecule has 2 aromatic carbocycles. The fraction of sp³-hybridized carbons (Fsp3) is 0. The van der Waals surface area contributed by atoms with E-state index in [1.54, 1.807) is 35.1 Å². The molecule has 4 nitrogen and oxygen atoms in total. The fourth-order valence-corrected chi connectivity index (χ4v) is 1.92. The average molecular weight is 238 g/mol. The van der Waals surface area contributed by atoms with Crippen LogP contribution in [0, 0.1) is 0 Å². The zero-order valence-corrected chi connectivity index (χ0v) is 9.45. The topological polar surface area (TPSA) is 55.1 Å². The molecule has 0 radical (unpaired) electrons. The van der Waals surface area contributed by atoms with Gasteiger partial charge in [0.2, 0.25) is 0 Å². The summed E-state index contributed by atoms with van der Waals surface area (Å²) in [6.45, 7) is 0. The number of phenolic OH excluding ortho intramolecular Hbond substituents is 1. The van der Waals surface area contributed by atoms with Gasteiger partial charge in [0.05, 0.1) is 17.4 Å². The lowest BCUT2D eigenvalue weighted by Crippen LogP contribution is -1.95. The highest BCUT2D eigenvalue weighted by Gasteiger charge is 2.05. The minimum atomic E-state index is 0.221. The van der Waals surface area contributed by atoms with Gasteiger partial charge in [-0.2, -0.15) is 5.10 Å². The third-order valence-electron chi connectivity index (χ3n) is 2.83. The number of rotatable bonds is 2. The molecular weight excluding hydrogens is 228 g/mol. The molecule has 0 spiro atoms. The van der Waals surface area contributed by atoms with E-state index in [4.69, 9.17) is 0 Å². The van der Waals surface area contributed by atoms with Crippen molar-refractivity contribution in [2.75, 3.05) is 0 Å². The first-order chi connectivity index (χ1) is 8.78. The van der Waals surface area contributed by atoms with E-state index >= 15 is 0 Å². The van der Waals surface area contributed by atoms with E-state index in [-0.39, 0.29) is 5.75 Å². The number of aldehydes is 1. The smallest absolute Gasteiger partial charge is 0.150 e. The minimum Gasteiger partial charge on any atom is -0.508 e. The van der Waals surface area contributed by atoms with Crippen LogP contribution in [-0.2, 0) is 0 Å². The van der Waals surface area contributed by atoms with Crippen LogP contribution in [0.25, 0.3) is 16.6 Å². The third kappa shape index (κ3) is 1.64. The Labute approximate surface area is 103 Å². The number of phenols is 1. The quantitative estimate of drug-likeness (QED) is 0.698. The normalized spacial score (nSPS) is 10.7. The van der Waals surface area contributed by atoms with Gasteiger partial charge in [0, 0.05) is 10.9 Å². The van der Waals surface area contributed by atoms with Gasteiger partial charge < -0.3 is 5.11 Å². The highest BCUT2D eigenvalue weighted by atomic mass is 16.3. The molecule has 18 heavy (non-hydrogen) atoms. The van der Waals surface area contributed by atoms with E-state index < -0.39 is 0 Å². The second-order valence-electron chi connectivity index (χ2n) is 4.01. The Morgan fingerprint density at radius 2 is 1.89 bits per heavy atom. The molecule has 0 amide bonds. The van der Waals surface area contributed by atoms with Crippen LogP contribution in [0.5, 0.6) is 5.75 Å². The van der Waals surface area contributed by atoms with Crippen molar-refractivity contribution in [3.05, 3.63) is 54.2 Å². The monoisotopic (exact) mass is 238 g/mol. The number of carbonyl (C=O) groups is 1. The number of hydrogen-bond donors (Lipinski definition) is 1. The Balaban J connectivity index is 2.15. The number of fused-ring (bicyclic) bond motifs is 1. The van der Waals surface area contributed by atoms with Gasteiger partial charge in [-0.05, 0) is 42.5 Å². The van der Waals surface area contributed by atoms with E-state index in [0.717, 1.165) is 22.9 Å². The molecule has 4 heteroatoms. The Morgan fingerprint density at radius 1 is 1.11 bits per heavy atom. The van der Waals surface area contributed by atoms with E-state index in [9.17, 15) is 9.90 Å². The molecule has 0 saturated carbocycles. The third-order valence-corrected chi connectivity index (χ3v) is 2.83. The summed E-state index contributed by atoms with van der Waals surface area (Å²) in [6.07, 6.45) is 2.51. The van der Waals surface area contributed by atoms with Crippen LogP contribution < -0.4 is 0 Å². The number of benzene rings is 2. The molecule has 0 fully saturated rings. The summed E-state index contributed by atoms with van der Waals surface area (Å²) in [7, 11) is 0. The van der Waals surface area contributed by atoms with Gasteiger partial charge >= 0.3 is 0 Å². The number of aromatic hydroxyl groups is 1. The van der Waals surface area contributed by atoms with Crippen LogP contribution in [0.4, 0.5) is 0 Å². The van der Waals surface area contributed by atoms with Crippen molar-refractivity contribution in [1.82, 2.24) is 9.78 Å². The zero-order valence-electron chi connectivity index (χ0n) is 9.45. The summed E-state index contributed by atoms with van der Waals surface area (Å²) < 4.78 is 1.77. The van der Waals surface area contributed by atoms with Crippen molar-refractivity contribution >= 4 is 17.2 Å². The minimum absolute atomic E-state index is 0.221. The predicted octanol–water partition coefficient (Wildman–Crippen LogP) is 2.54. The molecule has 0 aliphatic heterocycles. The summed E-state index contributed by atoms with van der Waals surface area (Å²) in [5.74, 6) is 0.221. The van der Waals surface area contributed by atoms with Crippen molar-refractivity contribution in [2.45, 2.75) is 0 Å². The van der Waals surface area contributed by atoms with Gasteiger partial charge in [0.15, 0.2) is 0 Å². The van der Waals surface area contributed by atoms with E-state index in [2.05, 4.69) is 5.10 Å². The second kappa shape index (κ2) is 4.00. The van der Waals surface area contributed by atoms with Crippen molar-refractivity contribution in [1.29, 1.82) is 0 Å². The van der Waals surface area contributed by atoms with Crippen molar-refractivity contribution in [3.8, 4) is 11.4 Å². The Hall–Kier alpha value is -2.62. The van der Waals surface area contributed by atoms with Crippen LogP contribution in [0.1, 0.15) is 10.4 Å². The van der Waals surface area contributed by atoms with E-state index in [1.807, 2.05) is 18.2 Å². The summed E-state index contributed by atoms with van der Waals surface area (Å²) in [5, 5.41) is 14.6. The summed E-state index contributed by atoms with van der Waals surface area (Å²) >= 11 is 0. The number of aromatic nitrogens is 2. The molecule has 1 aromatic heterocycles. The summed E-state index contributed by atoms with van der Waals surface area (Å²) in [4.78, 5) is 10.6. The van der Waals surface area contributed by atoms with Crippen LogP contribution >= 0.6 is 0 Å². The van der Waals surface area contributed by atoms with Crippen LogP contribution in [-0.4, -0.2) is 21.2 Å². The van der Waals surface area contributed by atoms with Crippen LogP contribution in [0.3, 0.4) is 0 Å². The maximum atomic E-state index is 10.6. The largest absolute Gasteiger partial charge is 0.508 e. The molecule has 3 rings (SSSR count). The standard InChI is InChI=1S/C14H10N2O2/c17-9-10-1-3-12(4-2-10)16-14-6-5-13(18)7-11(14)8-15-16/h1-9,18H. The lowest BCUT2D eigenvalue weighted by molar-refractivity contribution is 0.112. The summed E-state index contributed by atoms with van der Waals surface area (Å²) in [5.41, 5.74) is 2.42. The molecule has 0 saturated heterocycles. The lowest BCUT2D eigenvalue weighted by Gasteiger charge is -2.03. The first kappa shape index (κ1) is 10.5. The Kier molecular flexibility index (Phi) is 2.34. The van der Waals surface area contributed by atoms with Gasteiger partial charge in [-0.3, -0.25) is 4.79 Å². The molecule has 0 atom stereocenters. The molecule has 0 unspecified atom stereocenters. The predicted molar refractivity (Wildman–Crippen MR) is 68.1 cm³/mol. The molecule has 0 aliphatic rings. The summed E-state index contributed by atoms with van der Waals surface area (Å²) in [6, 6.07) is 12.3. The maximum absolute atomic E-state index is 10.6. The molecule has 88 valence electrons. The van der Waals surface area contributed by atoms with Crippen LogP contribution in [0.2, 0.25) is 0 Å². The maximum Gasteiger partial charge on any atom is 0.150 e. The molecule has 1 heterocycles. The highest BCUT2D eigenvalue weighted by Crippen LogP contribution is 2.22. The lowest BCUT2D eigenvalue weighted by atomic mass is 10.2. The highest BCUT2D eigenvalue weighted by molar-refractivity contribution is 5.82. The molecule has 1 N–H and O–H groups in total. The SMILES string of the molecule is O=Cc1ccc(-n2ncc3cc(O)ccc32)cc1. The van der Waals surface area contributed by atoms with E-state index in [1.165, 1.54) is 0 Å². The molecule has 0 bridgehead atoms. The van der Waals surface area contributed by atoms with Crippen molar-refractivity contribution in [2.24, 2.45) is 0 Å². The number of hydrogen-bond acceptors (Lipinski definition) is 3. The average Bonchev–Trinajstić information content (AvgIpc) is 2.81. The zero-order chi connectivity index (χ0) is 12.5. The van der Waals surface area contributed by atoms with Gasteiger partial charge in [0.1, 0.15) is 12.0 Å². The van der Waals surface area contributed by atoms with Gasteiger partial charge in [-0.1, -0.05) is 0 Å².